The predicted molar refractivity (Wildman–Crippen MR) is 129 cm³/mol. The van der Waals surface area contributed by atoms with Gasteiger partial charge in [0.1, 0.15) is 11.9 Å². The van der Waals surface area contributed by atoms with E-state index in [2.05, 4.69) is 0 Å². The molecule has 1 amide bonds. The molecule has 2 aliphatic heterocycles. The minimum absolute atomic E-state index is 0.0194. The van der Waals surface area contributed by atoms with Crippen molar-refractivity contribution >= 4 is 23.3 Å². The van der Waals surface area contributed by atoms with Crippen LogP contribution in [0.25, 0.3) is 0 Å². The lowest BCUT2D eigenvalue weighted by Gasteiger charge is -2.40. The van der Waals surface area contributed by atoms with Gasteiger partial charge >= 0.3 is 0 Å². The minimum Gasteiger partial charge on any atom is -0.504 e. The number of fused-ring (bicyclic) bond motifs is 1. The van der Waals surface area contributed by atoms with Gasteiger partial charge in [-0.15, -0.1) is 11.6 Å². The number of amides is 1. The molecule has 5 unspecified atom stereocenters. The van der Waals surface area contributed by atoms with E-state index in [1.165, 1.54) is 13.2 Å². The molecule has 1 aliphatic carbocycles. The number of ether oxygens (including phenoxy) is 3. The van der Waals surface area contributed by atoms with Crippen molar-refractivity contribution in [3.05, 3.63) is 64.9 Å². The van der Waals surface area contributed by atoms with Gasteiger partial charge < -0.3 is 24.2 Å². The van der Waals surface area contributed by atoms with E-state index in [-0.39, 0.29) is 58.8 Å². The number of aromatic hydroxyl groups is 1. The van der Waals surface area contributed by atoms with E-state index in [0.29, 0.717) is 29.7 Å². The third kappa shape index (κ3) is 4.01. The molecule has 5 rings (SSSR count). The van der Waals surface area contributed by atoms with E-state index in [0.717, 1.165) is 5.56 Å². The second-order valence-corrected chi connectivity index (χ2v) is 10.0. The number of methoxy groups -OCH3 is 2. The Morgan fingerprint density at radius 2 is 1.83 bits per heavy atom. The van der Waals surface area contributed by atoms with Crippen LogP contribution >= 0.6 is 11.6 Å². The smallest absolute Gasteiger partial charge is 0.290 e. The molecular weight excluding hydrogens is 470 g/mol. The summed E-state index contributed by atoms with van der Waals surface area (Å²) in [6, 6.07) is 11.7. The number of hydrogen-bond acceptors (Lipinski definition) is 6. The molecule has 0 aromatic heterocycles. The van der Waals surface area contributed by atoms with E-state index in [1.807, 2.05) is 31.2 Å². The Balaban J connectivity index is 1.57. The third-order valence-electron chi connectivity index (χ3n) is 7.34. The molecule has 5 atom stereocenters. The topological polar surface area (TPSA) is 85.3 Å². The van der Waals surface area contributed by atoms with Gasteiger partial charge in [0.15, 0.2) is 23.0 Å². The second-order valence-electron chi connectivity index (χ2n) is 9.45. The van der Waals surface area contributed by atoms with Gasteiger partial charge in [-0.2, -0.15) is 0 Å². The van der Waals surface area contributed by atoms with Crippen LogP contribution < -0.4 is 9.47 Å². The number of alkyl halides is 1. The normalized spacial score (nSPS) is 27.9. The van der Waals surface area contributed by atoms with Gasteiger partial charge in [0.25, 0.3) is 5.91 Å². The summed E-state index contributed by atoms with van der Waals surface area (Å²) in [5.74, 6) is 0.487. The molecule has 0 spiro atoms. The van der Waals surface area contributed by atoms with Crippen LogP contribution in [0.1, 0.15) is 36.9 Å². The van der Waals surface area contributed by atoms with Gasteiger partial charge in [0, 0.05) is 11.9 Å². The van der Waals surface area contributed by atoms with Crippen molar-refractivity contribution in [2.24, 2.45) is 11.8 Å². The summed E-state index contributed by atoms with van der Waals surface area (Å²) >= 11 is 6.54. The zero-order valence-corrected chi connectivity index (χ0v) is 20.6. The van der Waals surface area contributed by atoms with Crippen LogP contribution in [0.2, 0.25) is 0 Å². The SMILES string of the molecule is COc1ccc(CN2C(=O)C3=C(C(=O)C4CC(Cl)C(C)CC4O3)C2c2ccc(O)c(OC)c2)cc1. The van der Waals surface area contributed by atoms with Crippen LogP contribution in [-0.4, -0.2) is 47.4 Å². The van der Waals surface area contributed by atoms with Crippen molar-refractivity contribution < 1.29 is 28.9 Å². The van der Waals surface area contributed by atoms with Crippen LogP contribution in [-0.2, 0) is 20.9 Å². The van der Waals surface area contributed by atoms with Gasteiger partial charge in [-0.1, -0.05) is 25.1 Å². The number of carbonyl (C=O) groups is 2. The first-order chi connectivity index (χ1) is 16.8. The molecule has 2 aromatic rings. The van der Waals surface area contributed by atoms with Crippen molar-refractivity contribution in [1.82, 2.24) is 4.90 Å². The minimum atomic E-state index is -0.671. The highest BCUT2D eigenvalue weighted by Gasteiger charge is 2.53. The van der Waals surface area contributed by atoms with E-state index in [9.17, 15) is 14.7 Å². The lowest BCUT2D eigenvalue weighted by molar-refractivity contribution is -0.136. The maximum absolute atomic E-state index is 13.9. The van der Waals surface area contributed by atoms with Crippen molar-refractivity contribution in [3.8, 4) is 17.2 Å². The molecule has 2 aromatic carbocycles. The summed E-state index contributed by atoms with van der Waals surface area (Å²) in [4.78, 5) is 29.2. The monoisotopic (exact) mass is 497 g/mol. The zero-order valence-electron chi connectivity index (χ0n) is 19.9. The summed E-state index contributed by atoms with van der Waals surface area (Å²) in [5, 5.41) is 10.0. The number of nitrogens with zero attached hydrogens (tertiary/aromatic N) is 1. The molecule has 0 bridgehead atoms. The lowest BCUT2D eigenvalue weighted by Crippen LogP contribution is -2.44. The molecule has 35 heavy (non-hydrogen) atoms. The Kier molecular flexibility index (Phi) is 6.13. The molecular formula is C27H28ClNO6. The van der Waals surface area contributed by atoms with Crippen LogP contribution in [0.3, 0.4) is 0 Å². The number of carbonyl (C=O) groups excluding carboxylic acids is 2. The predicted octanol–water partition coefficient (Wildman–Crippen LogP) is 4.37. The molecule has 3 aliphatic rings. The summed E-state index contributed by atoms with van der Waals surface area (Å²) in [6.07, 6.45) is 0.790. The van der Waals surface area contributed by atoms with Gasteiger partial charge in [0.2, 0.25) is 0 Å². The standard InChI is InChI=1S/C27H28ClNO6/c1-14-10-21-18(12-19(14)28)25(31)23-24(16-6-9-20(30)22(11-16)34-3)29(27(32)26(23)35-21)13-15-4-7-17(33-2)8-5-15/h4-9,11,14,18-19,21,24,30H,10,12-13H2,1-3H3. The Hall–Kier alpha value is -3.19. The molecule has 0 saturated heterocycles. The van der Waals surface area contributed by atoms with Gasteiger partial charge in [-0.25, -0.2) is 0 Å². The summed E-state index contributed by atoms with van der Waals surface area (Å²) < 4.78 is 16.8. The first-order valence-corrected chi connectivity index (χ1v) is 12.2. The highest BCUT2D eigenvalue weighted by molar-refractivity contribution is 6.21. The van der Waals surface area contributed by atoms with E-state index >= 15 is 0 Å². The van der Waals surface area contributed by atoms with Crippen LogP contribution in [0.5, 0.6) is 17.2 Å². The molecule has 8 heteroatoms. The van der Waals surface area contributed by atoms with Crippen LogP contribution in [0.15, 0.2) is 53.8 Å². The number of hydrogen-bond donors (Lipinski definition) is 1. The number of phenolic OH excluding ortho intramolecular Hbond substituents is 1. The second kappa shape index (κ2) is 9.11. The number of Topliss-reactive ketones (excluding diaryl/α,β-unsaturated/α-hetero) is 1. The van der Waals surface area contributed by atoms with Gasteiger partial charge in [0.05, 0.1) is 31.8 Å². The highest BCUT2D eigenvalue weighted by atomic mass is 35.5. The lowest BCUT2D eigenvalue weighted by atomic mass is 9.74. The molecule has 7 nitrogen and oxygen atoms in total. The molecule has 1 fully saturated rings. The number of halogens is 1. The van der Waals surface area contributed by atoms with Gasteiger partial charge in [-0.05, 0) is 54.2 Å². The van der Waals surface area contributed by atoms with Crippen molar-refractivity contribution in [3.63, 3.8) is 0 Å². The fourth-order valence-electron chi connectivity index (χ4n) is 5.37. The van der Waals surface area contributed by atoms with Crippen LogP contribution in [0, 0.1) is 11.8 Å². The molecule has 2 heterocycles. The number of benzene rings is 2. The largest absolute Gasteiger partial charge is 0.504 e. The summed E-state index contributed by atoms with van der Waals surface area (Å²) in [6.45, 7) is 2.31. The highest BCUT2D eigenvalue weighted by Crippen LogP contribution is 2.49. The zero-order chi connectivity index (χ0) is 24.9. The van der Waals surface area contributed by atoms with Crippen molar-refractivity contribution in [1.29, 1.82) is 0 Å². The van der Waals surface area contributed by atoms with E-state index in [1.54, 1.807) is 24.1 Å². The fraction of sp³-hybridized carbons (Fsp3) is 0.407. The average molecular weight is 498 g/mol. The summed E-state index contributed by atoms with van der Waals surface area (Å²) in [5.41, 5.74) is 1.90. The Labute approximate surface area is 209 Å². The van der Waals surface area contributed by atoms with Crippen LogP contribution in [0.4, 0.5) is 0 Å². The third-order valence-corrected chi connectivity index (χ3v) is 7.95. The Morgan fingerprint density at radius 1 is 1.09 bits per heavy atom. The molecule has 1 N–H and O–H groups in total. The fourth-order valence-corrected chi connectivity index (χ4v) is 5.66. The number of rotatable bonds is 5. The molecule has 184 valence electrons. The van der Waals surface area contributed by atoms with Crippen molar-refractivity contribution in [2.75, 3.05) is 14.2 Å². The Morgan fingerprint density at radius 3 is 2.51 bits per heavy atom. The quantitative estimate of drug-likeness (QED) is 0.617. The number of ketones is 1. The maximum atomic E-state index is 13.9. The number of phenols is 1. The first kappa shape index (κ1) is 23.5. The summed E-state index contributed by atoms with van der Waals surface area (Å²) in [7, 11) is 3.06. The average Bonchev–Trinajstić information content (AvgIpc) is 3.13. The van der Waals surface area contributed by atoms with E-state index in [4.69, 9.17) is 25.8 Å². The Bertz CT molecular complexity index is 1190. The van der Waals surface area contributed by atoms with Gasteiger partial charge in [-0.3, -0.25) is 9.59 Å². The molecule has 1 saturated carbocycles. The maximum Gasteiger partial charge on any atom is 0.290 e. The van der Waals surface area contributed by atoms with Crippen molar-refractivity contribution in [2.45, 2.75) is 43.8 Å². The molecule has 0 radical (unpaired) electrons. The van der Waals surface area contributed by atoms with E-state index < -0.39 is 6.04 Å². The first-order valence-electron chi connectivity index (χ1n) is 11.7.